The Hall–Kier alpha value is -2.41. The number of nitrogens with zero attached hydrogens (tertiary/aromatic N) is 5. The summed E-state index contributed by atoms with van der Waals surface area (Å²) in [6.07, 6.45) is 9.59. The van der Waals surface area contributed by atoms with Gasteiger partial charge in [-0.25, -0.2) is 15.0 Å². The second kappa shape index (κ2) is 7.45. The molecule has 0 saturated carbocycles. The molecule has 1 atom stereocenters. The predicted molar refractivity (Wildman–Crippen MR) is 100 cm³/mol. The van der Waals surface area contributed by atoms with Crippen molar-refractivity contribution < 1.29 is 4.74 Å². The number of aliphatic imine (C=N–C) groups is 1. The molecule has 0 aliphatic carbocycles. The third-order valence-electron chi connectivity index (χ3n) is 5.27. The monoisotopic (exact) mass is 354 g/mol. The van der Waals surface area contributed by atoms with Crippen LogP contribution in [0.5, 0.6) is 0 Å². The first-order valence-electron chi connectivity index (χ1n) is 9.33. The molecule has 2 saturated heterocycles. The minimum atomic E-state index is 0.326. The Balaban J connectivity index is 1.52. The summed E-state index contributed by atoms with van der Waals surface area (Å²) in [6, 6.07) is 4.03. The molecule has 2 aliphatic heterocycles. The summed E-state index contributed by atoms with van der Waals surface area (Å²) in [7, 11) is 0. The van der Waals surface area contributed by atoms with Crippen molar-refractivity contribution in [2.75, 3.05) is 32.8 Å². The van der Waals surface area contributed by atoms with E-state index >= 15 is 0 Å². The van der Waals surface area contributed by atoms with E-state index in [1.807, 2.05) is 16.8 Å². The van der Waals surface area contributed by atoms with E-state index in [1.165, 1.54) is 6.42 Å². The van der Waals surface area contributed by atoms with Crippen LogP contribution in [-0.2, 0) is 11.3 Å². The van der Waals surface area contributed by atoms with Gasteiger partial charge in [-0.2, -0.15) is 0 Å². The molecule has 7 heteroatoms. The first-order chi connectivity index (χ1) is 12.8. The molecule has 0 bridgehead atoms. The van der Waals surface area contributed by atoms with Gasteiger partial charge in [0.2, 0.25) is 0 Å². The van der Waals surface area contributed by atoms with E-state index in [0.717, 1.165) is 56.6 Å². The number of guanidine groups is 1. The van der Waals surface area contributed by atoms with E-state index in [9.17, 15) is 0 Å². The lowest BCUT2D eigenvalue weighted by molar-refractivity contribution is 0.156. The van der Waals surface area contributed by atoms with Crippen molar-refractivity contribution in [3.8, 4) is 5.82 Å². The third-order valence-corrected chi connectivity index (χ3v) is 5.27. The molecule has 2 aromatic rings. The van der Waals surface area contributed by atoms with Gasteiger partial charge in [-0.3, -0.25) is 4.57 Å². The molecule has 26 heavy (non-hydrogen) atoms. The van der Waals surface area contributed by atoms with Crippen LogP contribution < -0.4 is 5.32 Å². The molecular formula is C19H26N6O. The molecule has 4 rings (SSSR count). The van der Waals surface area contributed by atoms with Crippen LogP contribution in [-0.4, -0.2) is 58.2 Å². The summed E-state index contributed by atoms with van der Waals surface area (Å²) in [4.78, 5) is 15.9. The van der Waals surface area contributed by atoms with Crippen molar-refractivity contribution in [2.45, 2.75) is 26.3 Å². The number of aromatic nitrogens is 3. The van der Waals surface area contributed by atoms with Gasteiger partial charge in [0.1, 0.15) is 12.1 Å². The zero-order valence-electron chi connectivity index (χ0n) is 15.3. The number of ether oxygens (including phenoxy) is 1. The van der Waals surface area contributed by atoms with Gasteiger partial charge in [0.05, 0.1) is 13.2 Å². The van der Waals surface area contributed by atoms with Gasteiger partial charge in [0.15, 0.2) is 5.96 Å². The zero-order chi connectivity index (χ0) is 17.8. The topological polar surface area (TPSA) is 67.6 Å². The van der Waals surface area contributed by atoms with Gasteiger partial charge in [-0.15, -0.1) is 0 Å². The Morgan fingerprint density at radius 3 is 3.12 bits per heavy atom. The molecule has 2 aromatic heterocycles. The normalized spacial score (nSPS) is 23.1. The lowest BCUT2D eigenvalue weighted by atomic mass is 9.87. The molecule has 4 heterocycles. The summed E-state index contributed by atoms with van der Waals surface area (Å²) in [5.74, 6) is 1.86. The number of imidazole rings is 1. The van der Waals surface area contributed by atoms with Crippen molar-refractivity contribution in [1.29, 1.82) is 0 Å². The standard InChI is InChI=1S/C19H26N6O/c1-2-21-18(24-9-5-19(13-24)6-11-26-14-19)23-12-16-4-3-7-22-17(16)25-10-8-20-15-25/h3-4,7-8,10,15H,2,5-6,9,11-14H2,1H3,(H,21,23). The molecule has 138 valence electrons. The summed E-state index contributed by atoms with van der Waals surface area (Å²) >= 11 is 0. The molecular weight excluding hydrogens is 328 g/mol. The van der Waals surface area contributed by atoms with Gasteiger partial charge in [-0.05, 0) is 25.8 Å². The lowest BCUT2D eigenvalue weighted by Crippen LogP contribution is -2.41. The average Bonchev–Trinajstić information content (AvgIpc) is 3.43. The fraction of sp³-hybridized carbons (Fsp3) is 0.526. The van der Waals surface area contributed by atoms with Crippen molar-refractivity contribution >= 4 is 5.96 Å². The number of hydrogen-bond donors (Lipinski definition) is 1. The van der Waals surface area contributed by atoms with Gasteiger partial charge in [-0.1, -0.05) is 6.07 Å². The highest BCUT2D eigenvalue weighted by molar-refractivity contribution is 5.80. The lowest BCUT2D eigenvalue weighted by Gasteiger charge is -2.25. The maximum atomic E-state index is 5.65. The highest BCUT2D eigenvalue weighted by Crippen LogP contribution is 2.38. The SMILES string of the molecule is CCNC(=NCc1cccnc1-n1ccnc1)N1CCC2(CCOC2)C1. The van der Waals surface area contributed by atoms with Crippen molar-refractivity contribution in [3.63, 3.8) is 0 Å². The highest BCUT2D eigenvalue weighted by atomic mass is 16.5. The van der Waals surface area contributed by atoms with Crippen LogP contribution in [0.25, 0.3) is 5.82 Å². The smallest absolute Gasteiger partial charge is 0.194 e. The number of likely N-dealkylation sites (tertiary alicyclic amines) is 1. The number of nitrogens with one attached hydrogen (secondary N) is 1. The van der Waals surface area contributed by atoms with Gasteiger partial charge >= 0.3 is 0 Å². The van der Waals surface area contributed by atoms with E-state index < -0.39 is 0 Å². The Kier molecular flexibility index (Phi) is 4.88. The average molecular weight is 354 g/mol. The van der Waals surface area contributed by atoms with Crippen molar-refractivity contribution in [3.05, 3.63) is 42.6 Å². The summed E-state index contributed by atoms with van der Waals surface area (Å²) in [5.41, 5.74) is 1.41. The fourth-order valence-corrected chi connectivity index (χ4v) is 3.84. The zero-order valence-corrected chi connectivity index (χ0v) is 15.3. The summed E-state index contributed by atoms with van der Waals surface area (Å²) in [5, 5.41) is 3.45. The van der Waals surface area contributed by atoms with Gasteiger partial charge in [0.25, 0.3) is 0 Å². The van der Waals surface area contributed by atoms with Crippen LogP contribution in [0.2, 0.25) is 0 Å². The minimum Gasteiger partial charge on any atom is -0.381 e. The summed E-state index contributed by atoms with van der Waals surface area (Å²) < 4.78 is 7.58. The first-order valence-corrected chi connectivity index (χ1v) is 9.33. The number of pyridine rings is 1. The molecule has 0 amide bonds. The van der Waals surface area contributed by atoms with E-state index in [4.69, 9.17) is 9.73 Å². The Morgan fingerprint density at radius 1 is 1.38 bits per heavy atom. The molecule has 1 spiro atoms. The molecule has 0 radical (unpaired) electrons. The quantitative estimate of drug-likeness (QED) is 0.670. The second-order valence-electron chi connectivity index (χ2n) is 7.10. The van der Waals surface area contributed by atoms with E-state index in [1.54, 1.807) is 18.7 Å². The van der Waals surface area contributed by atoms with Crippen molar-refractivity contribution in [1.82, 2.24) is 24.8 Å². The van der Waals surface area contributed by atoms with E-state index in [2.05, 4.69) is 33.2 Å². The molecule has 1 N–H and O–H groups in total. The Morgan fingerprint density at radius 2 is 2.35 bits per heavy atom. The number of rotatable bonds is 4. The highest BCUT2D eigenvalue weighted by Gasteiger charge is 2.42. The minimum absolute atomic E-state index is 0.326. The summed E-state index contributed by atoms with van der Waals surface area (Å²) in [6.45, 7) is 7.41. The van der Waals surface area contributed by atoms with Crippen LogP contribution in [0.15, 0.2) is 42.0 Å². The maximum Gasteiger partial charge on any atom is 0.194 e. The van der Waals surface area contributed by atoms with Gasteiger partial charge < -0.3 is 15.0 Å². The Bertz CT molecular complexity index is 751. The third kappa shape index (κ3) is 3.44. The predicted octanol–water partition coefficient (Wildman–Crippen LogP) is 1.85. The van der Waals surface area contributed by atoms with Crippen LogP contribution in [0.1, 0.15) is 25.3 Å². The van der Waals surface area contributed by atoms with E-state index in [0.29, 0.717) is 12.0 Å². The Labute approximate surface area is 154 Å². The maximum absolute atomic E-state index is 5.65. The fourth-order valence-electron chi connectivity index (χ4n) is 3.84. The largest absolute Gasteiger partial charge is 0.381 e. The number of hydrogen-bond acceptors (Lipinski definition) is 4. The van der Waals surface area contributed by atoms with Crippen LogP contribution >= 0.6 is 0 Å². The second-order valence-corrected chi connectivity index (χ2v) is 7.10. The van der Waals surface area contributed by atoms with Crippen LogP contribution in [0, 0.1) is 5.41 Å². The van der Waals surface area contributed by atoms with Gasteiger partial charge in [0, 0.05) is 55.8 Å². The molecule has 2 fully saturated rings. The molecule has 7 nitrogen and oxygen atoms in total. The molecule has 2 aliphatic rings. The molecule has 1 unspecified atom stereocenters. The van der Waals surface area contributed by atoms with Crippen LogP contribution in [0.4, 0.5) is 0 Å². The van der Waals surface area contributed by atoms with Crippen LogP contribution in [0.3, 0.4) is 0 Å². The van der Waals surface area contributed by atoms with Crippen molar-refractivity contribution in [2.24, 2.45) is 10.4 Å². The van der Waals surface area contributed by atoms with E-state index in [-0.39, 0.29) is 0 Å². The first kappa shape index (κ1) is 17.0. The molecule has 0 aromatic carbocycles.